The third-order valence-electron chi connectivity index (χ3n) is 5.44. The van der Waals surface area contributed by atoms with E-state index in [0.717, 1.165) is 0 Å². The molecule has 1 N–H and O–H groups in total. The minimum absolute atomic E-state index is 0.625. The molecular formula is C20H33N. The molecule has 1 aliphatic carbocycles. The van der Waals surface area contributed by atoms with Crippen LogP contribution >= 0.6 is 0 Å². The van der Waals surface area contributed by atoms with Gasteiger partial charge < -0.3 is 5.32 Å². The Kier molecular flexibility index (Phi) is 6.29. The minimum Gasteiger partial charge on any atom is -0.317 e. The van der Waals surface area contributed by atoms with Crippen LogP contribution in [0.25, 0.3) is 0 Å². The van der Waals surface area contributed by atoms with Gasteiger partial charge in [-0.05, 0) is 87.6 Å². The Bertz CT molecular complexity index is 429. The van der Waals surface area contributed by atoms with E-state index in [-0.39, 0.29) is 0 Å². The molecule has 0 aliphatic heterocycles. The van der Waals surface area contributed by atoms with E-state index in [0.29, 0.717) is 5.41 Å². The fourth-order valence-corrected chi connectivity index (χ4v) is 3.77. The Morgan fingerprint density at radius 3 is 2.43 bits per heavy atom. The molecule has 1 heteroatoms. The van der Waals surface area contributed by atoms with Crippen molar-refractivity contribution in [2.75, 3.05) is 13.1 Å². The number of aryl methyl sites for hydroxylation is 3. The Balaban J connectivity index is 1.88. The number of rotatable bonds is 8. The lowest BCUT2D eigenvalue weighted by molar-refractivity contribution is 0.245. The summed E-state index contributed by atoms with van der Waals surface area (Å²) >= 11 is 0. The molecule has 1 nitrogen and oxygen atoms in total. The lowest BCUT2D eigenvalue weighted by Crippen LogP contribution is -2.26. The second-order valence-corrected chi connectivity index (χ2v) is 7.13. The maximum absolute atomic E-state index is 3.60. The predicted octanol–water partition coefficient (Wildman–Crippen LogP) is 5.19. The van der Waals surface area contributed by atoms with E-state index < -0.39 is 0 Å². The first-order chi connectivity index (χ1) is 10.2. The van der Waals surface area contributed by atoms with Crippen LogP contribution in [0, 0.1) is 19.3 Å². The van der Waals surface area contributed by atoms with Gasteiger partial charge in [0.2, 0.25) is 0 Å². The highest BCUT2D eigenvalue weighted by Gasteiger charge is 2.32. The van der Waals surface area contributed by atoms with Crippen LogP contribution < -0.4 is 5.32 Å². The maximum atomic E-state index is 3.60. The molecule has 1 aromatic rings. The zero-order valence-electron chi connectivity index (χ0n) is 14.3. The van der Waals surface area contributed by atoms with Gasteiger partial charge >= 0.3 is 0 Å². The fraction of sp³-hybridized carbons (Fsp3) is 0.700. The van der Waals surface area contributed by atoms with E-state index in [1.807, 2.05) is 0 Å². The monoisotopic (exact) mass is 287 g/mol. The van der Waals surface area contributed by atoms with Crippen LogP contribution in [0.15, 0.2) is 18.2 Å². The summed E-state index contributed by atoms with van der Waals surface area (Å²) in [6.07, 6.45) is 11.0. The van der Waals surface area contributed by atoms with Crippen LogP contribution in [-0.4, -0.2) is 13.1 Å². The van der Waals surface area contributed by atoms with Gasteiger partial charge in [0.05, 0.1) is 0 Å². The minimum atomic E-state index is 0.625. The summed E-state index contributed by atoms with van der Waals surface area (Å²) in [6, 6.07) is 7.02. The molecule has 0 bridgehead atoms. The highest BCUT2D eigenvalue weighted by molar-refractivity contribution is 5.30. The quantitative estimate of drug-likeness (QED) is 0.649. The summed E-state index contributed by atoms with van der Waals surface area (Å²) in [5, 5.41) is 3.60. The number of benzene rings is 1. The molecule has 1 fully saturated rings. The largest absolute Gasteiger partial charge is 0.317 e. The molecule has 0 aromatic heterocycles. The number of hydrogen-bond acceptors (Lipinski definition) is 1. The Morgan fingerprint density at radius 1 is 1.00 bits per heavy atom. The average Bonchev–Trinajstić information content (AvgIpc) is 2.94. The standard InChI is InChI=1S/C20H33N/c1-4-14-21-15-13-20(10-5-6-11-20)12-9-19-8-7-17(2)18(3)16-19/h7-8,16,21H,4-6,9-15H2,1-3H3. The molecule has 21 heavy (non-hydrogen) atoms. The number of hydrogen-bond donors (Lipinski definition) is 1. The van der Waals surface area contributed by atoms with Crippen molar-refractivity contribution < 1.29 is 0 Å². The molecule has 1 saturated carbocycles. The Morgan fingerprint density at radius 2 is 1.76 bits per heavy atom. The highest BCUT2D eigenvalue weighted by atomic mass is 14.8. The van der Waals surface area contributed by atoms with Crippen LogP contribution in [0.5, 0.6) is 0 Å². The van der Waals surface area contributed by atoms with Gasteiger partial charge in [-0.2, -0.15) is 0 Å². The average molecular weight is 287 g/mol. The molecule has 1 aromatic carbocycles. The molecular weight excluding hydrogens is 254 g/mol. The summed E-state index contributed by atoms with van der Waals surface area (Å²) in [5.41, 5.74) is 5.01. The molecule has 0 spiro atoms. The Labute approximate surface area is 131 Å². The van der Waals surface area contributed by atoms with Crippen molar-refractivity contribution >= 4 is 0 Å². The number of nitrogens with one attached hydrogen (secondary N) is 1. The van der Waals surface area contributed by atoms with E-state index >= 15 is 0 Å². The SMILES string of the molecule is CCCNCCC1(CCc2ccc(C)c(C)c2)CCCC1. The normalized spacial score (nSPS) is 17.3. The van der Waals surface area contributed by atoms with Gasteiger partial charge in [-0.15, -0.1) is 0 Å². The maximum Gasteiger partial charge on any atom is -0.00436 e. The van der Waals surface area contributed by atoms with Crippen LogP contribution in [-0.2, 0) is 6.42 Å². The summed E-state index contributed by atoms with van der Waals surface area (Å²) in [7, 11) is 0. The van der Waals surface area contributed by atoms with Gasteiger partial charge in [0, 0.05) is 0 Å². The Hall–Kier alpha value is -0.820. The van der Waals surface area contributed by atoms with Crippen molar-refractivity contribution in [2.45, 2.75) is 72.1 Å². The van der Waals surface area contributed by atoms with Gasteiger partial charge in [-0.3, -0.25) is 0 Å². The van der Waals surface area contributed by atoms with Gasteiger partial charge in [-0.1, -0.05) is 38.0 Å². The first-order valence-corrected chi connectivity index (χ1v) is 8.92. The second-order valence-electron chi connectivity index (χ2n) is 7.13. The molecule has 0 unspecified atom stereocenters. The summed E-state index contributed by atoms with van der Waals surface area (Å²) in [4.78, 5) is 0. The molecule has 0 saturated heterocycles. The molecule has 0 radical (unpaired) electrons. The van der Waals surface area contributed by atoms with Crippen molar-refractivity contribution in [1.29, 1.82) is 0 Å². The van der Waals surface area contributed by atoms with Crippen molar-refractivity contribution in [3.8, 4) is 0 Å². The predicted molar refractivity (Wildman–Crippen MR) is 92.9 cm³/mol. The molecule has 0 heterocycles. The lowest BCUT2D eigenvalue weighted by Gasteiger charge is -2.29. The van der Waals surface area contributed by atoms with Crippen molar-refractivity contribution in [3.63, 3.8) is 0 Å². The van der Waals surface area contributed by atoms with E-state index in [9.17, 15) is 0 Å². The fourth-order valence-electron chi connectivity index (χ4n) is 3.77. The lowest BCUT2D eigenvalue weighted by atomic mass is 9.77. The van der Waals surface area contributed by atoms with Gasteiger partial charge in [0.15, 0.2) is 0 Å². The van der Waals surface area contributed by atoms with Gasteiger partial charge in [0.1, 0.15) is 0 Å². The third-order valence-corrected chi connectivity index (χ3v) is 5.44. The molecule has 118 valence electrons. The summed E-state index contributed by atoms with van der Waals surface area (Å²) in [5.74, 6) is 0. The van der Waals surface area contributed by atoms with Crippen molar-refractivity contribution in [2.24, 2.45) is 5.41 Å². The van der Waals surface area contributed by atoms with Gasteiger partial charge in [-0.25, -0.2) is 0 Å². The molecule has 1 aliphatic rings. The molecule has 2 rings (SSSR count). The van der Waals surface area contributed by atoms with Crippen molar-refractivity contribution in [1.82, 2.24) is 5.32 Å². The third kappa shape index (κ3) is 4.85. The topological polar surface area (TPSA) is 12.0 Å². The van der Waals surface area contributed by atoms with Gasteiger partial charge in [0.25, 0.3) is 0 Å². The smallest absolute Gasteiger partial charge is 0.00436 e. The summed E-state index contributed by atoms with van der Waals surface area (Å²) < 4.78 is 0. The summed E-state index contributed by atoms with van der Waals surface area (Å²) in [6.45, 7) is 9.07. The zero-order valence-corrected chi connectivity index (χ0v) is 14.3. The second kappa shape index (κ2) is 7.98. The van der Waals surface area contributed by atoms with Crippen LogP contribution in [0.1, 0.15) is 68.6 Å². The first-order valence-electron chi connectivity index (χ1n) is 8.92. The van der Waals surface area contributed by atoms with E-state index in [4.69, 9.17) is 0 Å². The van der Waals surface area contributed by atoms with Crippen LogP contribution in [0.4, 0.5) is 0 Å². The van der Waals surface area contributed by atoms with Crippen molar-refractivity contribution in [3.05, 3.63) is 34.9 Å². The van der Waals surface area contributed by atoms with E-state index in [2.05, 4.69) is 44.3 Å². The van der Waals surface area contributed by atoms with E-state index in [1.165, 1.54) is 81.1 Å². The van der Waals surface area contributed by atoms with E-state index in [1.54, 1.807) is 0 Å². The molecule has 0 atom stereocenters. The zero-order chi connectivity index (χ0) is 15.1. The molecule has 0 amide bonds. The van der Waals surface area contributed by atoms with Crippen LogP contribution in [0.2, 0.25) is 0 Å². The van der Waals surface area contributed by atoms with Crippen LogP contribution in [0.3, 0.4) is 0 Å². The first kappa shape index (κ1) is 16.5. The highest BCUT2D eigenvalue weighted by Crippen LogP contribution is 2.44.